The van der Waals surface area contributed by atoms with Crippen molar-refractivity contribution in [3.05, 3.63) is 51.8 Å². The van der Waals surface area contributed by atoms with E-state index in [0.29, 0.717) is 22.8 Å². The molecule has 1 unspecified atom stereocenters. The SMILES string of the molecule is COc1ccc(C(N)c2ccc([N+](=O)[O-])o2)cc1OC. The molecular weight excluding hydrogens is 264 g/mol. The Balaban J connectivity index is 2.32. The predicted molar refractivity (Wildman–Crippen MR) is 70.9 cm³/mol. The van der Waals surface area contributed by atoms with Crippen molar-refractivity contribution in [1.82, 2.24) is 0 Å². The number of rotatable bonds is 5. The number of furan rings is 1. The largest absolute Gasteiger partial charge is 0.493 e. The van der Waals surface area contributed by atoms with Gasteiger partial charge in [-0.2, -0.15) is 0 Å². The Bertz CT molecular complexity index is 623. The van der Waals surface area contributed by atoms with Crippen LogP contribution in [0.2, 0.25) is 0 Å². The number of nitro groups is 1. The second kappa shape index (κ2) is 5.62. The minimum atomic E-state index is -0.622. The van der Waals surface area contributed by atoms with Crippen molar-refractivity contribution in [1.29, 1.82) is 0 Å². The van der Waals surface area contributed by atoms with Gasteiger partial charge >= 0.3 is 5.88 Å². The van der Waals surface area contributed by atoms with E-state index < -0.39 is 11.0 Å². The van der Waals surface area contributed by atoms with E-state index in [1.54, 1.807) is 18.2 Å². The quantitative estimate of drug-likeness (QED) is 0.665. The maximum Gasteiger partial charge on any atom is 0.433 e. The van der Waals surface area contributed by atoms with E-state index in [1.165, 1.54) is 26.4 Å². The lowest BCUT2D eigenvalue weighted by molar-refractivity contribution is -0.402. The maximum absolute atomic E-state index is 10.6. The first-order chi connectivity index (χ1) is 9.56. The molecule has 106 valence electrons. The van der Waals surface area contributed by atoms with Crippen LogP contribution in [0.25, 0.3) is 0 Å². The molecule has 7 nitrogen and oxygen atoms in total. The van der Waals surface area contributed by atoms with Gasteiger partial charge in [-0.3, -0.25) is 10.1 Å². The third-order valence-electron chi connectivity index (χ3n) is 2.87. The second-order valence-electron chi connectivity index (χ2n) is 4.03. The Morgan fingerprint density at radius 1 is 1.20 bits per heavy atom. The van der Waals surface area contributed by atoms with Gasteiger partial charge in [0.1, 0.15) is 10.7 Å². The molecule has 1 heterocycles. The molecule has 0 bridgehead atoms. The van der Waals surface area contributed by atoms with Gasteiger partial charge in [0.05, 0.1) is 26.3 Å². The van der Waals surface area contributed by atoms with Crippen molar-refractivity contribution in [3.8, 4) is 11.5 Å². The van der Waals surface area contributed by atoms with Gasteiger partial charge in [0, 0.05) is 0 Å². The smallest absolute Gasteiger partial charge is 0.433 e. The fourth-order valence-corrected chi connectivity index (χ4v) is 1.82. The lowest BCUT2D eigenvalue weighted by Crippen LogP contribution is -2.11. The molecule has 2 rings (SSSR count). The molecule has 0 saturated carbocycles. The number of nitrogens with two attached hydrogens (primary N) is 1. The average Bonchev–Trinajstić information content (AvgIpc) is 2.95. The molecule has 20 heavy (non-hydrogen) atoms. The van der Waals surface area contributed by atoms with Crippen LogP contribution in [-0.4, -0.2) is 19.1 Å². The van der Waals surface area contributed by atoms with Gasteiger partial charge in [-0.25, -0.2) is 0 Å². The van der Waals surface area contributed by atoms with Gasteiger partial charge in [0.25, 0.3) is 0 Å². The Morgan fingerprint density at radius 2 is 1.90 bits per heavy atom. The summed E-state index contributed by atoms with van der Waals surface area (Å²) in [6.07, 6.45) is 0. The van der Waals surface area contributed by atoms with Crippen LogP contribution in [-0.2, 0) is 0 Å². The zero-order chi connectivity index (χ0) is 14.7. The second-order valence-corrected chi connectivity index (χ2v) is 4.03. The van der Waals surface area contributed by atoms with Crippen LogP contribution in [0.1, 0.15) is 17.4 Å². The fraction of sp³-hybridized carbons (Fsp3) is 0.231. The minimum absolute atomic E-state index is 0.309. The molecule has 0 spiro atoms. The molecule has 2 aromatic rings. The summed E-state index contributed by atoms with van der Waals surface area (Å²) in [5.74, 6) is 1.08. The predicted octanol–water partition coefficient (Wildman–Crippen LogP) is 2.25. The molecule has 0 fully saturated rings. The summed E-state index contributed by atoms with van der Waals surface area (Å²) >= 11 is 0. The van der Waals surface area contributed by atoms with Gasteiger partial charge in [0.2, 0.25) is 0 Å². The summed E-state index contributed by atoms with van der Waals surface area (Å²) in [6.45, 7) is 0. The lowest BCUT2D eigenvalue weighted by atomic mass is 10.0. The van der Waals surface area contributed by atoms with Crippen molar-refractivity contribution in [2.75, 3.05) is 14.2 Å². The highest BCUT2D eigenvalue weighted by molar-refractivity contribution is 5.45. The number of methoxy groups -OCH3 is 2. The first-order valence-electron chi connectivity index (χ1n) is 5.78. The monoisotopic (exact) mass is 278 g/mol. The van der Waals surface area contributed by atoms with Crippen molar-refractivity contribution in [2.24, 2.45) is 5.73 Å². The molecule has 0 amide bonds. The van der Waals surface area contributed by atoms with Crippen LogP contribution in [0.4, 0.5) is 5.88 Å². The van der Waals surface area contributed by atoms with Crippen LogP contribution in [0.3, 0.4) is 0 Å². The van der Waals surface area contributed by atoms with Crippen LogP contribution in [0, 0.1) is 10.1 Å². The first-order valence-corrected chi connectivity index (χ1v) is 5.78. The van der Waals surface area contributed by atoms with Gasteiger partial charge in [-0.15, -0.1) is 0 Å². The summed E-state index contributed by atoms with van der Waals surface area (Å²) in [6, 6.07) is 7.31. The van der Waals surface area contributed by atoms with Crippen LogP contribution in [0.15, 0.2) is 34.7 Å². The molecule has 1 atom stereocenters. The van der Waals surface area contributed by atoms with E-state index in [9.17, 15) is 10.1 Å². The summed E-state index contributed by atoms with van der Waals surface area (Å²) in [5.41, 5.74) is 6.73. The van der Waals surface area contributed by atoms with E-state index in [0.717, 1.165) is 0 Å². The van der Waals surface area contributed by atoms with Crippen molar-refractivity contribution < 1.29 is 18.8 Å². The first kappa shape index (κ1) is 13.9. The normalized spacial score (nSPS) is 11.9. The molecule has 7 heteroatoms. The third-order valence-corrected chi connectivity index (χ3v) is 2.87. The Morgan fingerprint density at radius 3 is 2.45 bits per heavy atom. The van der Waals surface area contributed by atoms with Crippen molar-refractivity contribution in [3.63, 3.8) is 0 Å². The van der Waals surface area contributed by atoms with E-state index in [2.05, 4.69) is 0 Å². The molecule has 1 aromatic heterocycles. The number of ether oxygens (including phenoxy) is 2. The highest BCUT2D eigenvalue weighted by Gasteiger charge is 2.19. The third kappa shape index (κ3) is 2.57. The summed E-state index contributed by atoms with van der Waals surface area (Å²) in [5, 5.41) is 10.6. The zero-order valence-corrected chi connectivity index (χ0v) is 11.0. The number of nitrogens with zero attached hydrogens (tertiary/aromatic N) is 1. The Labute approximate surface area is 115 Å². The number of hydrogen-bond acceptors (Lipinski definition) is 6. The number of benzene rings is 1. The van der Waals surface area contributed by atoms with Crippen molar-refractivity contribution >= 4 is 5.88 Å². The highest BCUT2D eigenvalue weighted by atomic mass is 16.6. The summed E-state index contributed by atoms with van der Waals surface area (Å²) in [7, 11) is 3.05. The summed E-state index contributed by atoms with van der Waals surface area (Å²) < 4.78 is 15.4. The lowest BCUT2D eigenvalue weighted by Gasteiger charge is -2.13. The summed E-state index contributed by atoms with van der Waals surface area (Å²) in [4.78, 5) is 9.99. The maximum atomic E-state index is 10.6. The standard InChI is InChI=1S/C13H14N2O5/c1-18-9-4-3-8(7-11(9)19-2)13(14)10-5-6-12(20-10)15(16)17/h3-7,13H,14H2,1-2H3. The van der Waals surface area contributed by atoms with E-state index in [4.69, 9.17) is 19.6 Å². The van der Waals surface area contributed by atoms with Crippen LogP contribution >= 0.6 is 0 Å². The molecular formula is C13H14N2O5. The van der Waals surface area contributed by atoms with E-state index in [-0.39, 0.29) is 5.88 Å². The van der Waals surface area contributed by atoms with Gasteiger partial charge in [-0.05, 0) is 23.8 Å². The molecule has 0 aliphatic rings. The molecule has 0 radical (unpaired) electrons. The van der Waals surface area contributed by atoms with Gasteiger partial charge in [0.15, 0.2) is 11.5 Å². The highest BCUT2D eigenvalue weighted by Crippen LogP contribution is 2.32. The van der Waals surface area contributed by atoms with Gasteiger partial charge in [-0.1, -0.05) is 6.07 Å². The van der Waals surface area contributed by atoms with E-state index in [1.807, 2.05) is 0 Å². The average molecular weight is 278 g/mol. The Hall–Kier alpha value is -2.54. The van der Waals surface area contributed by atoms with Crippen molar-refractivity contribution in [2.45, 2.75) is 6.04 Å². The molecule has 2 N–H and O–H groups in total. The molecule has 1 aromatic carbocycles. The molecule has 0 aliphatic heterocycles. The van der Waals surface area contributed by atoms with Crippen LogP contribution < -0.4 is 15.2 Å². The molecule has 0 aliphatic carbocycles. The zero-order valence-electron chi connectivity index (χ0n) is 11.0. The Kier molecular flexibility index (Phi) is 3.90. The van der Waals surface area contributed by atoms with E-state index >= 15 is 0 Å². The topological polar surface area (TPSA) is 101 Å². The fourth-order valence-electron chi connectivity index (χ4n) is 1.82. The van der Waals surface area contributed by atoms with Gasteiger partial charge < -0.3 is 19.6 Å². The number of hydrogen-bond donors (Lipinski definition) is 1. The van der Waals surface area contributed by atoms with Crippen LogP contribution in [0.5, 0.6) is 11.5 Å². The minimum Gasteiger partial charge on any atom is -0.493 e. The molecule has 0 saturated heterocycles.